The van der Waals surface area contributed by atoms with E-state index in [0.29, 0.717) is 17.3 Å². The number of aliphatic hydroxyl groups is 1. The standard InChI is InChI=1S/C30H51O3/c1-19(2)9-8-10-20(3)24-13-14-25-23-12-11-22-17-30(31)29(7,32-21(4)33-30)18-28(22,6)26(23)15-16-27(24,25)5/h19-20,22-26,31H,8-18H2,1-7H3/q+1/t20-,22+,23+,24-,25+,26+,27-,28+,29+,30-/m1/s1. The second-order valence-electron chi connectivity index (χ2n) is 14.3. The maximum absolute atomic E-state index is 11.4. The van der Waals surface area contributed by atoms with Gasteiger partial charge in [-0.2, -0.15) is 0 Å². The SMILES string of the molecule is CC1=[O+][C@]2(O)C[C@@H]3CC[C@@H]4[C@H](CC[C@]5(C)[C@@H]([C@H](C)CCCC(C)C)CC[C@@H]45)[C@@]3(C)C[C@]2(C)O1. The fraction of sp³-hybridized carbons (Fsp3) is 0.967. The highest BCUT2D eigenvalue weighted by molar-refractivity contribution is 5.68. The summed E-state index contributed by atoms with van der Waals surface area (Å²) in [6.45, 7) is 16.5. The highest BCUT2D eigenvalue weighted by Crippen LogP contribution is 2.70. The molecule has 1 N–H and O–H groups in total. The van der Waals surface area contributed by atoms with E-state index in [0.717, 1.165) is 48.3 Å². The van der Waals surface area contributed by atoms with Gasteiger partial charge in [-0.1, -0.05) is 53.9 Å². The number of hydrogen-bond acceptors (Lipinski definition) is 2. The third-order valence-electron chi connectivity index (χ3n) is 12.0. The molecule has 5 rings (SSSR count). The number of hydrogen-bond donors (Lipinski definition) is 1. The molecule has 0 aromatic rings. The van der Waals surface area contributed by atoms with Gasteiger partial charge in [0.15, 0.2) is 0 Å². The molecule has 4 aliphatic carbocycles. The van der Waals surface area contributed by atoms with Gasteiger partial charge in [-0.3, -0.25) is 4.42 Å². The Morgan fingerprint density at radius 3 is 2.42 bits per heavy atom. The lowest BCUT2D eigenvalue weighted by molar-refractivity contribution is -0.626. The average molecular weight is 460 g/mol. The Kier molecular flexibility index (Phi) is 5.83. The first kappa shape index (κ1) is 24.1. The Balaban J connectivity index is 1.34. The van der Waals surface area contributed by atoms with E-state index in [1.807, 2.05) is 6.92 Å². The molecule has 1 aliphatic heterocycles. The van der Waals surface area contributed by atoms with Crippen molar-refractivity contribution in [2.24, 2.45) is 52.3 Å². The van der Waals surface area contributed by atoms with E-state index < -0.39 is 11.4 Å². The molecule has 10 atom stereocenters. The quantitative estimate of drug-likeness (QED) is 0.347. The molecule has 0 unspecified atom stereocenters. The zero-order valence-electron chi connectivity index (χ0n) is 22.6. The lowest BCUT2D eigenvalue weighted by Crippen LogP contribution is -2.64. The van der Waals surface area contributed by atoms with Crippen LogP contribution in [0.15, 0.2) is 0 Å². The van der Waals surface area contributed by atoms with Crippen LogP contribution in [-0.4, -0.2) is 22.5 Å². The molecule has 0 amide bonds. The molecule has 0 aromatic carbocycles. The van der Waals surface area contributed by atoms with Crippen LogP contribution in [0.2, 0.25) is 0 Å². The van der Waals surface area contributed by atoms with Gasteiger partial charge in [-0.05, 0) is 90.8 Å². The average Bonchev–Trinajstić information content (AvgIpc) is 3.16. The van der Waals surface area contributed by atoms with Crippen molar-refractivity contribution in [3.63, 3.8) is 0 Å². The second kappa shape index (κ2) is 7.97. The summed E-state index contributed by atoms with van der Waals surface area (Å²) in [6, 6.07) is 0. The van der Waals surface area contributed by atoms with Crippen molar-refractivity contribution < 1.29 is 14.3 Å². The van der Waals surface area contributed by atoms with E-state index >= 15 is 0 Å². The zero-order valence-corrected chi connectivity index (χ0v) is 22.6. The minimum atomic E-state index is -1.14. The van der Waals surface area contributed by atoms with Crippen LogP contribution in [-0.2, 0) is 9.16 Å². The van der Waals surface area contributed by atoms with Gasteiger partial charge in [0, 0.05) is 13.3 Å². The molecular weight excluding hydrogens is 408 g/mol. The van der Waals surface area contributed by atoms with E-state index in [-0.39, 0.29) is 5.41 Å². The van der Waals surface area contributed by atoms with Gasteiger partial charge in [0.1, 0.15) is 0 Å². The fourth-order valence-electron chi connectivity index (χ4n) is 10.4. The van der Waals surface area contributed by atoms with Crippen molar-refractivity contribution >= 4 is 5.97 Å². The number of fused-ring (bicyclic) bond motifs is 6. The maximum Gasteiger partial charge on any atom is 0.485 e. The van der Waals surface area contributed by atoms with Gasteiger partial charge < -0.3 is 9.84 Å². The summed E-state index contributed by atoms with van der Waals surface area (Å²) in [5, 5.41) is 11.4. The number of rotatable bonds is 5. The molecule has 0 spiro atoms. The summed E-state index contributed by atoms with van der Waals surface area (Å²) < 4.78 is 12.1. The Labute approximate surface area is 203 Å². The molecule has 3 heteroatoms. The molecular formula is C30H51O3+. The molecule has 5 aliphatic rings. The normalized spacial score (nSPS) is 51.8. The van der Waals surface area contributed by atoms with Crippen LogP contribution in [0.4, 0.5) is 0 Å². The van der Waals surface area contributed by atoms with Crippen molar-refractivity contribution in [3.05, 3.63) is 0 Å². The maximum atomic E-state index is 11.4. The summed E-state index contributed by atoms with van der Waals surface area (Å²) in [4.78, 5) is 0. The second-order valence-corrected chi connectivity index (χ2v) is 14.3. The van der Waals surface area contributed by atoms with E-state index in [9.17, 15) is 5.11 Å². The van der Waals surface area contributed by atoms with Crippen LogP contribution in [0.1, 0.15) is 119 Å². The van der Waals surface area contributed by atoms with Crippen LogP contribution < -0.4 is 0 Å². The smallest absolute Gasteiger partial charge is 0.328 e. The van der Waals surface area contributed by atoms with Crippen molar-refractivity contribution in [3.8, 4) is 0 Å². The largest absolute Gasteiger partial charge is 0.485 e. The molecule has 188 valence electrons. The minimum absolute atomic E-state index is 0.250. The molecule has 0 saturated heterocycles. The van der Waals surface area contributed by atoms with Crippen LogP contribution in [0.5, 0.6) is 0 Å². The summed E-state index contributed by atoms with van der Waals surface area (Å²) in [5.74, 6) is 5.11. The van der Waals surface area contributed by atoms with Crippen LogP contribution >= 0.6 is 0 Å². The first-order valence-corrected chi connectivity index (χ1v) is 14.4. The first-order chi connectivity index (χ1) is 15.4. The molecule has 0 bridgehead atoms. The van der Waals surface area contributed by atoms with Crippen LogP contribution in [0.3, 0.4) is 0 Å². The molecule has 0 aromatic heterocycles. The highest BCUT2D eigenvalue weighted by Gasteiger charge is 2.74. The van der Waals surface area contributed by atoms with Gasteiger partial charge in [-0.25, -0.2) is 0 Å². The molecule has 0 radical (unpaired) electrons. The van der Waals surface area contributed by atoms with E-state index in [1.165, 1.54) is 57.8 Å². The molecule has 33 heavy (non-hydrogen) atoms. The number of ether oxygens (including phenoxy) is 1. The molecule has 4 saturated carbocycles. The highest BCUT2D eigenvalue weighted by atomic mass is 16.7. The Hall–Kier alpha value is -0.570. The lowest BCUT2D eigenvalue weighted by atomic mass is 9.43. The van der Waals surface area contributed by atoms with Gasteiger partial charge in [-0.15, -0.1) is 0 Å². The van der Waals surface area contributed by atoms with Crippen LogP contribution in [0, 0.1) is 52.3 Å². The topological polar surface area (TPSA) is 40.8 Å². The first-order valence-electron chi connectivity index (χ1n) is 14.4. The summed E-state index contributed by atoms with van der Waals surface area (Å²) in [7, 11) is 0. The Bertz CT molecular complexity index is 789. The molecule has 1 heterocycles. The molecule has 3 nitrogen and oxygen atoms in total. The summed E-state index contributed by atoms with van der Waals surface area (Å²) in [5.41, 5.74) is 0.187. The fourth-order valence-corrected chi connectivity index (χ4v) is 10.4. The monoisotopic (exact) mass is 459 g/mol. The van der Waals surface area contributed by atoms with Gasteiger partial charge >= 0.3 is 11.8 Å². The predicted molar refractivity (Wildman–Crippen MR) is 134 cm³/mol. The minimum Gasteiger partial charge on any atom is -0.328 e. The number of carbonyl (C=O) groups excluding carboxylic acids is 1. The van der Waals surface area contributed by atoms with E-state index in [1.54, 1.807) is 0 Å². The number of esters is 1. The predicted octanol–water partition coefficient (Wildman–Crippen LogP) is 7.28. The summed E-state index contributed by atoms with van der Waals surface area (Å²) >= 11 is 0. The van der Waals surface area contributed by atoms with E-state index in [2.05, 4.69) is 41.5 Å². The van der Waals surface area contributed by atoms with Crippen molar-refractivity contribution in [1.29, 1.82) is 0 Å². The third kappa shape index (κ3) is 3.56. The van der Waals surface area contributed by atoms with Crippen molar-refractivity contribution in [2.45, 2.75) is 130 Å². The lowest BCUT2D eigenvalue weighted by Gasteiger charge is -2.62. The summed E-state index contributed by atoms with van der Waals surface area (Å²) in [6.07, 6.45) is 14.2. The third-order valence-corrected chi connectivity index (χ3v) is 12.0. The Morgan fingerprint density at radius 2 is 1.70 bits per heavy atom. The van der Waals surface area contributed by atoms with Gasteiger partial charge in [0.2, 0.25) is 0 Å². The zero-order chi connectivity index (χ0) is 23.8. The van der Waals surface area contributed by atoms with Crippen molar-refractivity contribution in [1.82, 2.24) is 0 Å². The van der Waals surface area contributed by atoms with E-state index in [4.69, 9.17) is 9.16 Å². The molecule has 4 fully saturated rings. The van der Waals surface area contributed by atoms with Gasteiger partial charge in [0.05, 0.1) is 13.3 Å². The van der Waals surface area contributed by atoms with Gasteiger partial charge in [0.25, 0.3) is 5.60 Å². The van der Waals surface area contributed by atoms with Crippen molar-refractivity contribution in [2.75, 3.05) is 0 Å². The Morgan fingerprint density at radius 1 is 0.970 bits per heavy atom. The van der Waals surface area contributed by atoms with Crippen LogP contribution in [0.25, 0.3) is 0 Å².